The molecule has 3 aliphatic rings. The Morgan fingerprint density at radius 2 is 1.34 bits per heavy atom. The lowest BCUT2D eigenvalue weighted by Gasteiger charge is -2.49. The number of cyclic esters (lactones) is 1. The number of carbonyl (C=O) groups is 2. The summed E-state index contributed by atoms with van der Waals surface area (Å²) in [5, 5.41) is 57.6. The van der Waals surface area contributed by atoms with Crippen LogP contribution >= 0.6 is 0 Å². The van der Waals surface area contributed by atoms with Gasteiger partial charge in [-0.2, -0.15) is 8.42 Å². The highest BCUT2D eigenvalue weighted by atomic mass is 32.3. The Balaban J connectivity index is 0.000000789. The molecule has 0 aliphatic carbocycles. The second kappa shape index (κ2) is 28.1. The largest absolute Gasteiger partial charge is 0.459 e. The number of rotatable bonds is 19. The van der Waals surface area contributed by atoms with Gasteiger partial charge in [0, 0.05) is 37.3 Å². The topological polar surface area (TPSA) is 258 Å². The number of hydrogen-bond donors (Lipinski definition) is 6. The maximum absolute atomic E-state index is 14.1. The summed E-state index contributed by atoms with van der Waals surface area (Å²) in [4.78, 5) is 29.8. The van der Waals surface area contributed by atoms with E-state index in [2.05, 4.69) is 11.1 Å². The van der Waals surface area contributed by atoms with Crippen molar-refractivity contribution >= 4 is 22.2 Å². The summed E-state index contributed by atoms with van der Waals surface area (Å²) >= 11 is 0. The lowest BCUT2D eigenvalue weighted by Crippen LogP contribution is -2.61. The van der Waals surface area contributed by atoms with Gasteiger partial charge in [-0.15, -0.1) is 0 Å². The number of unbranched alkanes of at least 4 members (excludes halogenated alkanes) is 9. The van der Waals surface area contributed by atoms with Gasteiger partial charge < -0.3 is 58.9 Å². The Labute approximate surface area is 408 Å². The van der Waals surface area contributed by atoms with E-state index in [1.165, 1.54) is 72.8 Å². The molecule has 0 aromatic carbocycles. The number of nitrogens with zero attached hydrogens (tertiary/aromatic N) is 1. The number of likely N-dealkylation sites (N-methyl/N-ethyl adjacent to an activating group) is 1. The molecular formula is C49H93NO17S. The zero-order valence-corrected chi connectivity index (χ0v) is 44.6. The van der Waals surface area contributed by atoms with Crippen molar-refractivity contribution in [1.82, 2.24) is 4.90 Å². The standard InChI is InChI=1S/C37H67NO13.C12H26O4S/c1-14-25-37(10,45)30(41)20(4)27(39)18(2)16-35(8,44)32(51-34-28(40)24(38(11)12)15-19(3)47-34)21(5)29(22(6)33(43)49-25)50-26-17-36(9,46-13)31(42)23(7)48-26;1-2-3-4-5-6-7-8-9-10-11-12-16-17(13,14)15/h18-26,28-32,34,40-42,44-45H,14-17H2,1-13H3;2-12H2,1H3,(H,13,14,15)/t18-,19-,20+,21-,22-,23+,24+,25-,26+,28-,29+,30+,31+,32-,34+,35-,36-,37-;/m1./s1. The van der Waals surface area contributed by atoms with E-state index in [1.54, 1.807) is 41.5 Å². The molecule has 0 spiro atoms. The third-order valence-corrected chi connectivity index (χ3v) is 15.0. The number of esters is 1. The Bertz CT molecular complexity index is 1600. The first kappa shape index (κ1) is 62.7. The average molecular weight is 1000 g/mol. The van der Waals surface area contributed by atoms with Crippen molar-refractivity contribution < 1.29 is 80.7 Å². The van der Waals surface area contributed by atoms with Crippen LogP contribution in [0.15, 0.2) is 0 Å². The fourth-order valence-corrected chi connectivity index (χ4v) is 10.5. The first-order valence-corrected chi connectivity index (χ1v) is 26.5. The van der Waals surface area contributed by atoms with Gasteiger partial charge in [-0.3, -0.25) is 14.1 Å². The van der Waals surface area contributed by atoms with Crippen LogP contribution in [0.3, 0.4) is 0 Å². The quantitative estimate of drug-likeness (QED) is 0.0530. The molecule has 3 rings (SSSR count). The Morgan fingerprint density at radius 1 is 0.779 bits per heavy atom. The van der Waals surface area contributed by atoms with Gasteiger partial charge in [0.15, 0.2) is 12.6 Å². The van der Waals surface area contributed by atoms with Crippen LogP contribution in [-0.2, 0) is 52.6 Å². The molecule has 0 saturated carbocycles. The summed E-state index contributed by atoms with van der Waals surface area (Å²) in [6, 6.07) is -0.324. The molecule has 0 radical (unpaired) electrons. The second-order valence-corrected chi connectivity index (χ2v) is 22.0. The maximum Gasteiger partial charge on any atom is 0.397 e. The van der Waals surface area contributed by atoms with Crippen LogP contribution in [0.5, 0.6) is 0 Å². The van der Waals surface area contributed by atoms with E-state index in [-0.39, 0.29) is 38.0 Å². The molecule has 3 saturated heterocycles. The smallest absolute Gasteiger partial charge is 0.397 e. The number of methoxy groups -OCH3 is 1. The number of ketones is 1. The third-order valence-electron chi connectivity index (χ3n) is 14.6. The van der Waals surface area contributed by atoms with Crippen molar-refractivity contribution in [3.63, 3.8) is 0 Å². The number of Topliss-reactive ketones (excluding diaryl/α,β-unsaturated/α-hetero) is 1. The van der Waals surface area contributed by atoms with Crippen LogP contribution in [0.25, 0.3) is 0 Å². The van der Waals surface area contributed by atoms with Crippen LogP contribution < -0.4 is 0 Å². The van der Waals surface area contributed by atoms with Crippen molar-refractivity contribution in [2.45, 2.75) is 250 Å². The molecule has 3 fully saturated rings. The van der Waals surface area contributed by atoms with Crippen molar-refractivity contribution in [1.29, 1.82) is 0 Å². The highest BCUT2D eigenvalue weighted by Gasteiger charge is 2.53. The van der Waals surface area contributed by atoms with Crippen LogP contribution in [0.4, 0.5) is 0 Å². The van der Waals surface area contributed by atoms with E-state index in [4.69, 9.17) is 33.0 Å². The van der Waals surface area contributed by atoms with Gasteiger partial charge in [0.05, 0.1) is 54.2 Å². The lowest BCUT2D eigenvalue weighted by atomic mass is 9.74. The van der Waals surface area contributed by atoms with E-state index < -0.39 is 118 Å². The molecule has 19 heteroatoms. The molecule has 0 aromatic rings. The number of hydrogen-bond acceptors (Lipinski definition) is 17. The molecule has 402 valence electrons. The number of ether oxygens (including phenoxy) is 6. The minimum absolute atomic E-state index is 0.0926. The minimum atomic E-state index is -4.23. The van der Waals surface area contributed by atoms with Gasteiger partial charge >= 0.3 is 16.4 Å². The van der Waals surface area contributed by atoms with Crippen molar-refractivity contribution in [3.05, 3.63) is 0 Å². The number of aliphatic hydroxyl groups excluding tert-OH is 3. The molecular weight excluding hydrogens is 907 g/mol. The fraction of sp³-hybridized carbons (Fsp3) is 0.959. The summed E-state index contributed by atoms with van der Waals surface area (Å²) < 4.78 is 70.0. The van der Waals surface area contributed by atoms with Gasteiger partial charge in [-0.25, -0.2) is 4.18 Å². The molecule has 0 bridgehead atoms. The molecule has 0 amide bonds. The second-order valence-electron chi connectivity index (χ2n) is 20.9. The Kier molecular flexibility index (Phi) is 25.9. The molecule has 18 atom stereocenters. The van der Waals surface area contributed by atoms with Crippen LogP contribution in [0.1, 0.15) is 166 Å². The first-order chi connectivity index (χ1) is 31.5. The average Bonchev–Trinajstić information content (AvgIpc) is 3.26. The van der Waals surface area contributed by atoms with Crippen molar-refractivity contribution in [2.24, 2.45) is 23.7 Å². The van der Waals surface area contributed by atoms with Crippen molar-refractivity contribution in [3.8, 4) is 0 Å². The molecule has 68 heavy (non-hydrogen) atoms. The summed E-state index contributed by atoms with van der Waals surface area (Å²) in [6.07, 6.45) is 2.14. The van der Waals surface area contributed by atoms with E-state index >= 15 is 0 Å². The summed E-state index contributed by atoms with van der Waals surface area (Å²) in [5.41, 5.74) is -4.84. The minimum Gasteiger partial charge on any atom is -0.459 e. The normalized spacial score (nSPS) is 40.3. The van der Waals surface area contributed by atoms with E-state index in [1.807, 2.05) is 25.9 Å². The van der Waals surface area contributed by atoms with Crippen LogP contribution in [-0.4, -0.2) is 167 Å². The zero-order valence-electron chi connectivity index (χ0n) is 43.8. The van der Waals surface area contributed by atoms with Gasteiger partial charge in [0.25, 0.3) is 0 Å². The predicted octanol–water partition coefficient (Wildman–Crippen LogP) is 5.51. The fourth-order valence-electron chi connectivity index (χ4n) is 10.2. The zero-order chi connectivity index (χ0) is 51.9. The summed E-state index contributed by atoms with van der Waals surface area (Å²) in [7, 11) is 0.942. The molecule has 18 nitrogen and oxygen atoms in total. The molecule has 3 heterocycles. The molecule has 0 aromatic heterocycles. The highest BCUT2D eigenvalue weighted by Crippen LogP contribution is 2.41. The maximum atomic E-state index is 14.1. The SMILES string of the molecule is CCCCCCCCCCCCOS(=O)(=O)O.CC[C@H]1OC(=O)[C@H](C)[C@@H](O[C@H]2C[C@@](C)(OC)[C@@H](O)[C@H](C)O2)[C@@H](C)[C@@H](O[C@@H]2O[C@H](C)C[C@H](N(C)C)[C@H]2O)[C@](C)(O)C[C@@H](C)C(=O)[C@H](C)[C@H](O)[C@]1(C)O. The highest BCUT2D eigenvalue weighted by molar-refractivity contribution is 7.80. The van der Waals surface area contributed by atoms with Gasteiger partial charge in [-0.05, 0) is 81.3 Å². The molecule has 6 N–H and O–H groups in total. The molecule has 3 aliphatic heterocycles. The first-order valence-electron chi connectivity index (χ1n) is 25.2. The van der Waals surface area contributed by atoms with Crippen LogP contribution in [0.2, 0.25) is 0 Å². The van der Waals surface area contributed by atoms with Gasteiger partial charge in [0.2, 0.25) is 0 Å². The third kappa shape index (κ3) is 18.3. The number of aliphatic hydroxyl groups is 5. The Hall–Kier alpha value is -1.43. The predicted molar refractivity (Wildman–Crippen MR) is 256 cm³/mol. The van der Waals surface area contributed by atoms with E-state index in [0.717, 1.165) is 12.8 Å². The summed E-state index contributed by atoms with van der Waals surface area (Å²) in [6.45, 7) is 18.6. The van der Waals surface area contributed by atoms with Crippen LogP contribution in [0, 0.1) is 23.7 Å². The van der Waals surface area contributed by atoms with E-state index in [9.17, 15) is 43.5 Å². The lowest BCUT2D eigenvalue weighted by molar-refractivity contribution is -0.318. The van der Waals surface area contributed by atoms with Crippen molar-refractivity contribution in [2.75, 3.05) is 27.8 Å². The number of carbonyl (C=O) groups excluding carboxylic acids is 2. The van der Waals surface area contributed by atoms with E-state index in [0.29, 0.717) is 12.8 Å². The summed E-state index contributed by atoms with van der Waals surface area (Å²) in [5.74, 6) is -4.98. The van der Waals surface area contributed by atoms with Gasteiger partial charge in [-0.1, -0.05) is 92.4 Å². The monoisotopic (exact) mass is 1000 g/mol. The Morgan fingerprint density at radius 3 is 1.85 bits per heavy atom. The van der Waals surface area contributed by atoms with Gasteiger partial charge in [0.1, 0.15) is 29.7 Å². The molecule has 0 unspecified atom stereocenters.